The SMILES string of the molecule is CN1C2=C(C(=O)CCC2)C(c2cc(Cl)c(OCc3ccccc3Cl)c(Cl)c2)C2=C1CCCC2=O. The molecule has 0 radical (unpaired) electrons. The molecule has 0 spiro atoms. The van der Waals surface area contributed by atoms with Gasteiger partial charge in [-0.05, 0) is 49.4 Å². The van der Waals surface area contributed by atoms with Gasteiger partial charge in [0, 0.05) is 58.9 Å². The Bertz CT molecular complexity index is 1200. The molecule has 0 aromatic heterocycles. The molecule has 0 saturated carbocycles. The Labute approximate surface area is 214 Å². The van der Waals surface area contributed by atoms with E-state index < -0.39 is 5.92 Å². The minimum atomic E-state index is -0.450. The molecule has 1 heterocycles. The molecule has 1 aliphatic heterocycles. The van der Waals surface area contributed by atoms with Crippen LogP contribution in [0.5, 0.6) is 5.75 Å². The smallest absolute Gasteiger partial charge is 0.161 e. The Hall–Kier alpha value is -2.27. The van der Waals surface area contributed by atoms with Crippen LogP contribution in [0, 0.1) is 0 Å². The van der Waals surface area contributed by atoms with E-state index in [0.29, 0.717) is 44.8 Å². The lowest BCUT2D eigenvalue weighted by Gasteiger charge is -2.42. The fourth-order valence-corrected chi connectivity index (χ4v) is 6.14. The van der Waals surface area contributed by atoms with Crippen LogP contribution < -0.4 is 4.74 Å². The van der Waals surface area contributed by atoms with Crippen molar-refractivity contribution in [1.29, 1.82) is 0 Å². The molecule has 4 nitrogen and oxygen atoms in total. The fourth-order valence-electron chi connectivity index (χ4n) is 5.34. The zero-order valence-corrected chi connectivity index (χ0v) is 21.1. The van der Waals surface area contributed by atoms with Crippen molar-refractivity contribution in [2.45, 2.75) is 51.0 Å². The van der Waals surface area contributed by atoms with E-state index in [-0.39, 0.29) is 18.2 Å². The van der Waals surface area contributed by atoms with Gasteiger partial charge >= 0.3 is 0 Å². The van der Waals surface area contributed by atoms with E-state index in [0.717, 1.165) is 48.2 Å². The minimum Gasteiger partial charge on any atom is -0.486 e. The van der Waals surface area contributed by atoms with Gasteiger partial charge < -0.3 is 9.64 Å². The van der Waals surface area contributed by atoms with Gasteiger partial charge in [0.1, 0.15) is 6.61 Å². The number of halogens is 3. The van der Waals surface area contributed by atoms with Crippen molar-refractivity contribution in [2.75, 3.05) is 7.05 Å². The van der Waals surface area contributed by atoms with Crippen molar-refractivity contribution >= 4 is 46.4 Å². The first-order valence-corrected chi connectivity index (χ1v) is 12.6. The van der Waals surface area contributed by atoms with Crippen molar-refractivity contribution in [3.63, 3.8) is 0 Å². The third-order valence-corrected chi connectivity index (χ3v) is 7.86. The molecule has 2 aliphatic carbocycles. The second-order valence-corrected chi connectivity index (χ2v) is 10.2. The van der Waals surface area contributed by atoms with Crippen LogP contribution >= 0.6 is 34.8 Å². The predicted octanol–water partition coefficient (Wildman–Crippen LogP) is 7.27. The topological polar surface area (TPSA) is 46.6 Å². The van der Waals surface area contributed by atoms with Crippen LogP contribution in [0.3, 0.4) is 0 Å². The zero-order valence-electron chi connectivity index (χ0n) is 18.8. The van der Waals surface area contributed by atoms with E-state index in [1.165, 1.54) is 0 Å². The lowest BCUT2D eigenvalue weighted by Crippen LogP contribution is -2.37. The molecule has 0 unspecified atom stereocenters. The first kappa shape index (κ1) is 23.5. The molecule has 3 aliphatic rings. The van der Waals surface area contributed by atoms with Crippen LogP contribution in [0.4, 0.5) is 0 Å². The van der Waals surface area contributed by atoms with E-state index in [1.807, 2.05) is 25.2 Å². The van der Waals surface area contributed by atoms with Gasteiger partial charge in [-0.3, -0.25) is 9.59 Å². The number of carbonyl (C=O) groups is 2. The number of Topliss-reactive ketones (excluding diaryl/α,β-unsaturated/α-hetero) is 2. The van der Waals surface area contributed by atoms with Gasteiger partial charge in [-0.25, -0.2) is 0 Å². The lowest BCUT2D eigenvalue weighted by molar-refractivity contribution is -0.117. The van der Waals surface area contributed by atoms with Gasteiger partial charge in [-0.2, -0.15) is 0 Å². The molecule has 7 heteroatoms. The maximum absolute atomic E-state index is 13.1. The number of rotatable bonds is 4. The molecule has 0 amide bonds. The molecule has 0 saturated heterocycles. The van der Waals surface area contributed by atoms with Crippen LogP contribution in [0.1, 0.15) is 55.6 Å². The number of ketones is 2. The quantitative estimate of drug-likeness (QED) is 0.429. The van der Waals surface area contributed by atoms with Crippen LogP contribution in [-0.4, -0.2) is 23.5 Å². The van der Waals surface area contributed by atoms with Gasteiger partial charge in [0.05, 0.1) is 10.0 Å². The summed E-state index contributed by atoms with van der Waals surface area (Å²) in [5.41, 5.74) is 5.01. The van der Waals surface area contributed by atoms with Crippen molar-refractivity contribution in [3.05, 3.63) is 85.1 Å². The highest BCUT2D eigenvalue weighted by molar-refractivity contribution is 6.37. The molecule has 5 rings (SSSR count). The average Bonchev–Trinajstić information content (AvgIpc) is 2.81. The standard InChI is InChI=1S/C27H24Cl3NO3/c1-31-20-8-4-10-22(32)25(20)24(26-21(31)9-5-11-23(26)33)16-12-18(29)27(19(30)13-16)34-14-15-6-2-3-7-17(15)28/h2-3,6-7,12-13,24H,4-5,8-11,14H2,1H3. The van der Waals surface area contributed by atoms with Crippen LogP contribution in [0.2, 0.25) is 15.1 Å². The van der Waals surface area contributed by atoms with Gasteiger partial charge in [0.2, 0.25) is 0 Å². The second kappa shape index (κ2) is 9.41. The second-order valence-electron chi connectivity index (χ2n) is 8.96. The number of ether oxygens (including phenoxy) is 1. The summed E-state index contributed by atoms with van der Waals surface area (Å²) in [6.07, 6.45) is 4.25. The maximum Gasteiger partial charge on any atom is 0.161 e. The summed E-state index contributed by atoms with van der Waals surface area (Å²) in [7, 11) is 1.98. The number of carbonyl (C=O) groups excluding carboxylic acids is 2. The molecule has 0 bridgehead atoms. The zero-order chi connectivity index (χ0) is 24.0. The van der Waals surface area contributed by atoms with E-state index in [4.69, 9.17) is 39.5 Å². The lowest BCUT2D eigenvalue weighted by atomic mass is 9.71. The number of hydrogen-bond donors (Lipinski definition) is 0. The van der Waals surface area contributed by atoms with E-state index in [9.17, 15) is 9.59 Å². The molecule has 2 aromatic rings. The third kappa shape index (κ3) is 4.06. The summed E-state index contributed by atoms with van der Waals surface area (Å²) < 4.78 is 5.93. The first-order chi connectivity index (χ1) is 16.4. The fraction of sp³-hybridized carbons (Fsp3) is 0.333. The summed E-state index contributed by atoms with van der Waals surface area (Å²) >= 11 is 19.6. The average molecular weight is 517 g/mol. The molecule has 176 valence electrons. The molecule has 34 heavy (non-hydrogen) atoms. The molecule has 0 fully saturated rings. The van der Waals surface area contributed by atoms with Crippen LogP contribution in [-0.2, 0) is 16.2 Å². The van der Waals surface area contributed by atoms with Crippen molar-refractivity contribution in [1.82, 2.24) is 4.90 Å². The molecular formula is C27H24Cl3NO3. The minimum absolute atomic E-state index is 0.0920. The maximum atomic E-state index is 13.1. The summed E-state index contributed by atoms with van der Waals surface area (Å²) in [5, 5.41) is 1.27. The Morgan fingerprint density at radius 1 is 0.853 bits per heavy atom. The molecule has 2 aromatic carbocycles. The van der Waals surface area contributed by atoms with E-state index in [1.54, 1.807) is 18.2 Å². The largest absolute Gasteiger partial charge is 0.486 e. The summed E-state index contributed by atoms with van der Waals surface area (Å²) in [6, 6.07) is 11.0. The summed E-state index contributed by atoms with van der Waals surface area (Å²) in [4.78, 5) is 28.4. The highest BCUT2D eigenvalue weighted by atomic mass is 35.5. The highest BCUT2D eigenvalue weighted by Gasteiger charge is 2.42. The van der Waals surface area contributed by atoms with Gasteiger partial charge in [0.15, 0.2) is 17.3 Å². The third-order valence-electron chi connectivity index (χ3n) is 6.93. The number of allylic oxidation sites excluding steroid dienone is 4. The summed E-state index contributed by atoms with van der Waals surface area (Å²) in [5.74, 6) is 0.0892. The Morgan fingerprint density at radius 2 is 1.41 bits per heavy atom. The van der Waals surface area contributed by atoms with E-state index in [2.05, 4.69) is 4.90 Å². The number of hydrogen-bond acceptors (Lipinski definition) is 4. The highest BCUT2D eigenvalue weighted by Crippen LogP contribution is 2.50. The first-order valence-electron chi connectivity index (χ1n) is 11.5. The van der Waals surface area contributed by atoms with Crippen LogP contribution in [0.25, 0.3) is 0 Å². The molecule has 0 atom stereocenters. The summed E-state index contributed by atoms with van der Waals surface area (Å²) in [6.45, 7) is 0.217. The predicted molar refractivity (Wildman–Crippen MR) is 135 cm³/mol. The monoisotopic (exact) mass is 515 g/mol. The van der Waals surface area contributed by atoms with Gasteiger partial charge in [0.25, 0.3) is 0 Å². The normalized spacial score (nSPS) is 18.9. The molecule has 0 N–H and O–H groups in total. The van der Waals surface area contributed by atoms with Gasteiger partial charge in [-0.1, -0.05) is 53.0 Å². The molecular weight excluding hydrogens is 493 g/mol. The van der Waals surface area contributed by atoms with Crippen molar-refractivity contribution < 1.29 is 14.3 Å². The van der Waals surface area contributed by atoms with Crippen molar-refractivity contribution in [3.8, 4) is 5.75 Å². The Balaban J connectivity index is 1.56. The van der Waals surface area contributed by atoms with E-state index >= 15 is 0 Å². The number of nitrogens with zero attached hydrogens (tertiary/aromatic N) is 1. The Kier molecular flexibility index (Phi) is 6.49. The van der Waals surface area contributed by atoms with Crippen molar-refractivity contribution in [2.24, 2.45) is 0 Å². The number of benzene rings is 2. The Morgan fingerprint density at radius 3 is 1.97 bits per heavy atom. The van der Waals surface area contributed by atoms with Gasteiger partial charge in [-0.15, -0.1) is 0 Å². The van der Waals surface area contributed by atoms with Crippen LogP contribution in [0.15, 0.2) is 58.9 Å².